The zero-order chi connectivity index (χ0) is 10.6. The van der Waals surface area contributed by atoms with Crippen LogP contribution in [-0.2, 0) is 10.0 Å². The van der Waals surface area contributed by atoms with Crippen molar-refractivity contribution in [1.29, 1.82) is 0 Å². The fourth-order valence-corrected chi connectivity index (χ4v) is 2.91. The zero-order valence-corrected chi connectivity index (χ0v) is 9.52. The molecule has 0 aromatic heterocycles. The lowest BCUT2D eigenvalue weighted by Gasteiger charge is -2.32. The minimum atomic E-state index is -3.02. The minimum absolute atomic E-state index is 0.252. The van der Waals surface area contributed by atoms with E-state index in [1.807, 2.05) is 6.92 Å². The van der Waals surface area contributed by atoms with Crippen molar-refractivity contribution in [3.63, 3.8) is 0 Å². The second-order valence-corrected chi connectivity index (χ2v) is 6.04. The fraction of sp³-hybridized carbons (Fsp3) is 1.00. The molecule has 1 saturated carbocycles. The van der Waals surface area contributed by atoms with Crippen LogP contribution < -0.4 is 10.5 Å². The standard InChI is InChI=1S/C9H20N2O2S/c1-2-3-4-14(12,13)11-7-8-5-9(10)6-8/h8-9,11H,2-7,10H2,1H3. The number of unbranched alkanes of at least 4 members (excludes halogenated alkanes) is 1. The van der Waals surface area contributed by atoms with Gasteiger partial charge in [0.15, 0.2) is 0 Å². The summed E-state index contributed by atoms with van der Waals surface area (Å²) in [5, 5.41) is 0. The van der Waals surface area contributed by atoms with Crippen LogP contribution in [-0.4, -0.2) is 26.8 Å². The summed E-state index contributed by atoms with van der Waals surface area (Å²) in [5.74, 6) is 0.712. The van der Waals surface area contributed by atoms with E-state index in [1.54, 1.807) is 0 Å². The molecule has 0 bridgehead atoms. The van der Waals surface area contributed by atoms with Gasteiger partial charge in [0, 0.05) is 12.6 Å². The van der Waals surface area contributed by atoms with Gasteiger partial charge in [-0.05, 0) is 25.2 Å². The van der Waals surface area contributed by atoms with Crippen LogP contribution in [0.1, 0.15) is 32.6 Å². The highest BCUT2D eigenvalue weighted by molar-refractivity contribution is 7.89. The fourth-order valence-electron chi connectivity index (χ4n) is 1.61. The number of sulfonamides is 1. The summed E-state index contributed by atoms with van der Waals surface area (Å²) in [6, 6.07) is 0.292. The second-order valence-electron chi connectivity index (χ2n) is 4.12. The van der Waals surface area contributed by atoms with Crippen LogP contribution in [0.3, 0.4) is 0 Å². The average Bonchev–Trinajstić information content (AvgIpc) is 2.07. The van der Waals surface area contributed by atoms with Crippen molar-refractivity contribution in [2.45, 2.75) is 38.6 Å². The van der Waals surface area contributed by atoms with E-state index in [4.69, 9.17) is 5.73 Å². The average molecular weight is 220 g/mol. The molecule has 5 heteroatoms. The number of rotatable bonds is 6. The summed E-state index contributed by atoms with van der Waals surface area (Å²) in [6.45, 7) is 2.56. The zero-order valence-electron chi connectivity index (χ0n) is 8.70. The summed E-state index contributed by atoms with van der Waals surface area (Å²) in [5.41, 5.74) is 5.61. The van der Waals surface area contributed by atoms with Gasteiger partial charge in [0.1, 0.15) is 0 Å². The number of nitrogens with two attached hydrogens (primary N) is 1. The van der Waals surface area contributed by atoms with Crippen molar-refractivity contribution in [2.75, 3.05) is 12.3 Å². The molecule has 0 heterocycles. The third-order valence-electron chi connectivity index (χ3n) is 2.63. The maximum atomic E-state index is 11.4. The van der Waals surface area contributed by atoms with E-state index in [2.05, 4.69) is 4.72 Å². The van der Waals surface area contributed by atoms with Gasteiger partial charge in [-0.25, -0.2) is 13.1 Å². The summed E-state index contributed by atoms with van der Waals surface area (Å²) >= 11 is 0. The van der Waals surface area contributed by atoms with E-state index in [0.29, 0.717) is 18.5 Å². The molecule has 3 N–H and O–H groups in total. The lowest BCUT2D eigenvalue weighted by Crippen LogP contribution is -2.43. The van der Waals surface area contributed by atoms with Crippen molar-refractivity contribution in [1.82, 2.24) is 4.72 Å². The van der Waals surface area contributed by atoms with Crippen LogP contribution in [0, 0.1) is 5.92 Å². The van der Waals surface area contributed by atoms with Gasteiger partial charge in [0.2, 0.25) is 10.0 Å². The first kappa shape index (κ1) is 11.9. The lowest BCUT2D eigenvalue weighted by molar-refractivity contribution is 0.267. The Labute approximate surface area is 86.3 Å². The quantitative estimate of drug-likeness (QED) is 0.682. The van der Waals surface area contributed by atoms with Gasteiger partial charge in [-0.15, -0.1) is 0 Å². The molecule has 0 aromatic carbocycles. The molecule has 0 amide bonds. The molecule has 0 unspecified atom stereocenters. The minimum Gasteiger partial charge on any atom is -0.328 e. The van der Waals surface area contributed by atoms with Crippen molar-refractivity contribution in [2.24, 2.45) is 11.7 Å². The first-order chi connectivity index (χ1) is 6.53. The first-order valence-corrected chi connectivity index (χ1v) is 6.91. The van der Waals surface area contributed by atoms with Gasteiger partial charge in [-0.1, -0.05) is 13.3 Å². The van der Waals surface area contributed by atoms with Gasteiger partial charge in [-0.3, -0.25) is 0 Å². The maximum Gasteiger partial charge on any atom is 0.211 e. The molecule has 0 aliphatic heterocycles. The molecule has 0 aromatic rings. The van der Waals surface area contributed by atoms with E-state index >= 15 is 0 Å². The highest BCUT2D eigenvalue weighted by atomic mass is 32.2. The summed E-state index contributed by atoms with van der Waals surface area (Å²) in [7, 11) is -3.02. The molecule has 0 saturated heterocycles. The first-order valence-electron chi connectivity index (χ1n) is 5.26. The van der Waals surface area contributed by atoms with Crippen LogP contribution in [0.15, 0.2) is 0 Å². The van der Waals surface area contributed by atoms with Crippen molar-refractivity contribution in [3.05, 3.63) is 0 Å². The summed E-state index contributed by atoms with van der Waals surface area (Å²) < 4.78 is 25.4. The van der Waals surface area contributed by atoms with Crippen LogP contribution in [0.5, 0.6) is 0 Å². The third-order valence-corrected chi connectivity index (χ3v) is 4.06. The largest absolute Gasteiger partial charge is 0.328 e. The van der Waals surface area contributed by atoms with Crippen LogP contribution in [0.4, 0.5) is 0 Å². The lowest BCUT2D eigenvalue weighted by atomic mass is 9.81. The Kier molecular flexibility index (Phi) is 4.34. The highest BCUT2D eigenvalue weighted by Gasteiger charge is 2.26. The molecular weight excluding hydrogens is 200 g/mol. The third kappa shape index (κ3) is 3.94. The molecule has 84 valence electrons. The normalized spacial score (nSPS) is 27.3. The number of hydrogen-bond acceptors (Lipinski definition) is 3. The molecule has 1 rings (SSSR count). The van der Waals surface area contributed by atoms with E-state index in [0.717, 1.165) is 25.7 Å². The number of nitrogens with one attached hydrogen (secondary N) is 1. The molecule has 0 atom stereocenters. The van der Waals surface area contributed by atoms with E-state index in [-0.39, 0.29) is 5.75 Å². The highest BCUT2D eigenvalue weighted by Crippen LogP contribution is 2.24. The smallest absolute Gasteiger partial charge is 0.211 e. The molecular formula is C9H20N2O2S. The Morgan fingerprint density at radius 2 is 2.07 bits per heavy atom. The van der Waals surface area contributed by atoms with Gasteiger partial charge in [0.25, 0.3) is 0 Å². The Balaban J connectivity index is 2.16. The molecule has 14 heavy (non-hydrogen) atoms. The van der Waals surface area contributed by atoms with Crippen molar-refractivity contribution < 1.29 is 8.42 Å². The van der Waals surface area contributed by atoms with Crippen LogP contribution in [0.25, 0.3) is 0 Å². The number of hydrogen-bond donors (Lipinski definition) is 2. The molecule has 0 spiro atoms. The Morgan fingerprint density at radius 1 is 1.43 bits per heavy atom. The molecule has 1 aliphatic carbocycles. The van der Waals surface area contributed by atoms with Crippen LogP contribution >= 0.6 is 0 Å². The Hall–Kier alpha value is -0.130. The topological polar surface area (TPSA) is 72.2 Å². The predicted octanol–water partition coefficient (Wildman–Crippen LogP) is 0.443. The summed E-state index contributed by atoms with van der Waals surface area (Å²) in [6.07, 6.45) is 3.56. The Morgan fingerprint density at radius 3 is 2.57 bits per heavy atom. The monoisotopic (exact) mass is 220 g/mol. The van der Waals surface area contributed by atoms with Gasteiger partial charge in [0.05, 0.1) is 5.75 Å². The molecule has 1 aliphatic rings. The maximum absolute atomic E-state index is 11.4. The van der Waals surface area contributed by atoms with Crippen molar-refractivity contribution >= 4 is 10.0 Å². The van der Waals surface area contributed by atoms with Gasteiger partial charge >= 0.3 is 0 Å². The van der Waals surface area contributed by atoms with E-state index in [1.165, 1.54) is 0 Å². The van der Waals surface area contributed by atoms with Crippen molar-refractivity contribution in [3.8, 4) is 0 Å². The van der Waals surface area contributed by atoms with E-state index < -0.39 is 10.0 Å². The molecule has 0 radical (unpaired) electrons. The predicted molar refractivity (Wildman–Crippen MR) is 57.4 cm³/mol. The van der Waals surface area contributed by atoms with Gasteiger partial charge < -0.3 is 5.73 Å². The SMILES string of the molecule is CCCCS(=O)(=O)NCC1CC(N)C1. The Bertz CT molecular complexity index is 258. The second kappa shape index (κ2) is 5.09. The molecule has 1 fully saturated rings. The molecule has 4 nitrogen and oxygen atoms in total. The van der Waals surface area contributed by atoms with Crippen LogP contribution in [0.2, 0.25) is 0 Å². The van der Waals surface area contributed by atoms with E-state index in [9.17, 15) is 8.42 Å². The van der Waals surface area contributed by atoms with Gasteiger partial charge in [-0.2, -0.15) is 0 Å². The summed E-state index contributed by atoms with van der Waals surface area (Å²) in [4.78, 5) is 0.